The number of methoxy groups -OCH3 is 1. The van der Waals surface area contributed by atoms with Gasteiger partial charge in [0.15, 0.2) is 0 Å². The Balaban J connectivity index is 1.99. The number of nitrogens with two attached hydrogens (primary N) is 1. The van der Waals surface area contributed by atoms with Gasteiger partial charge < -0.3 is 15.4 Å². The van der Waals surface area contributed by atoms with Gasteiger partial charge in [-0.25, -0.2) is 9.18 Å². The predicted octanol–water partition coefficient (Wildman–Crippen LogP) is 2.67. The predicted molar refractivity (Wildman–Crippen MR) is 98.2 cm³/mol. The molecular formula is C18H22FN3O2S. The molecule has 7 heteroatoms. The molecule has 0 radical (unpaired) electrons. The Morgan fingerprint density at radius 2 is 1.88 bits per heavy atom. The number of thiophene rings is 1. The van der Waals surface area contributed by atoms with Gasteiger partial charge in [-0.05, 0) is 24.7 Å². The van der Waals surface area contributed by atoms with Crippen LogP contribution in [-0.4, -0.2) is 56.1 Å². The maximum absolute atomic E-state index is 13.3. The number of benzene rings is 1. The molecule has 1 aliphatic heterocycles. The first-order valence-corrected chi connectivity index (χ1v) is 8.97. The number of ether oxygens (including phenoxy) is 1. The highest BCUT2D eigenvalue weighted by atomic mass is 32.1. The molecular weight excluding hydrogens is 341 g/mol. The minimum atomic E-state index is -0.460. The second kappa shape index (κ2) is 7.51. The first-order valence-electron chi connectivity index (χ1n) is 8.16. The van der Waals surface area contributed by atoms with Gasteiger partial charge in [0.1, 0.15) is 16.4 Å². The molecule has 1 saturated heterocycles. The fourth-order valence-electron chi connectivity index (χ4n) is 3.04. The monoisotopic (exact) mass is 363 g/mol. The summed E-state index contributed by atoms with van der Waals surface area (Å²) in [5.74, 6) is -0.773. The summed E-state index contributed by atoms with van der Waals surface area (Å²) in [6.07, 6.45) is 0. The zero-order valence-electron chi connectivity index (χ0n) is 14.4. The number of esters is 1. The summed E-state index contributed by atoms with van der Waals surface area (Å²) in [5.41, 5.74) is 8.04. The van der Waals surface area contributed by atoms with Crippen molar-refractivity contribution < 1.29 is 13.9 Å². The molecule has 1 aliphatic rings. The van der Waals surface area contributed by atoms with Crippen molar-refractivity contribution in [2.45, 2.75) is 6.54 Å². The van der Waals surface area contributed by atoms with Crippen LogP contribution in [0.25, 0.3) is 11.1 Å². The van der Waals surface area contributed by atoms with Crippen LogP contribution in [0.2, 0.25) is 0 Å². The number of nitrogen functional groups attached to an aromatic ring is 1. The van der Waals surface area contributed by atoms with Crippen molar-refractivity contribution in [2.24, 2.45) is 0 Å². The number of piperazine rings is 1. The molecule has 0 atom stereocenters. The van der Waals surface area contributed by atoms with Gasteiger partial charge >= 0.3 is 5.97 Å². The van der Waals surface area contributed by atoms with E-state index in [-0.39, 0.29) is 5.82 Å². The van der Waals surface area contributed by atoms with Crippen molar-refractivity contribution in [1.82, 2.24) is 9.80 Å². The number of rotatable bonds is 4. The molecule has 1 aromatic heterocycles. The van der Waals surface area contributed by atoms with Crippen molar-refractivity contribution in [2.75, 3.05) is 46.1 Å². The van der Waals surface area contributed by atoms with Crippen LogP contribution in [0.4, 0.5) is 9.39 Å². The summed E-state index contributed by atoms with van der Waals surface area (Å²) in [4.78, 5) is 17.9. The number of hydrogen-bond donors (Lipinski definition) is 1. The van der Waals surface area contributed by atoms with E-state index in [9.17, 15) is 9.18 Å². The second-order valence-electron chi connectivity index (χ2n) is 6.22. The molecule has 2 N–H and O–H groups in total. The van der Waals surface area contributed by atoms with E-state index in [1.54, 1.807) is 12.1 Å². The van der Waals surface area contributed by atoms with E-state index in [2.05, 4.69) is 16.8 Å². The number of likely N-dealkylation sites (N-methyl/N-ethyl adjacent to an activating group) is 1. The molecule has 0 unspecified atom stereocenters. The second-order valence-corrected chi connectivity index (χ2v) is 7.35. The van der Waals surface area contributed by atoms with Crippen molar-refractivity contribution in [3.63, 3.8) is 0 Å². The Morgan fingerprint density at radius 3 is 2.48 bits per heavy atom. The first kappa shape index (κ1) is 17.8. The molecule has 3 rings (SSSR count). The van der Waals surface area contributed by atoms with E-state index < -0.39 is 5.97 Å². The third-order valence-corrected chi connectivity index (χ3v) is 5.50. The van der Waals surface area contributed by atoms with Gasteiger partial charge in [0.2, 0.25) is 0 Å². The SMILES string of the molecule is COC(=O)c1c(N)sc(CN2CCN(C)CC2)c1-c1ccc(F)cc1. The molecule has 0 aliphatic carbocycles. The molecule has 0 spiro atoms. The van der Waals surface area contributed by atoms with Gasteiger partial charge in [-0.2, -0.15) is 0 Å². The smallest absolute Gasteiger partial charge is 0.341 e. The summed E-state index contributed by atoms with van der Waals surface area (Å²) < 4.78 is 18.2. The van der Waals surface area contributed by atoms with Crippen LogP contribution in [0.15, 0.2) is 24.3 Å². The Bertz CT molecular complexity index is 752. The maximum atomic E-state index is 13.3. The summed E-state index contributed by atoms with van der Waals surface area (Å²) in [7, 11) is 3.45. The van der Waals surface area contributed by atoms with Gasteiger partial charge in [-0.15, -0.1) is 11.3 Å². The highest BCUT2D eigenvalue weighted by Crippen LogP contribution is 2.40. The molecule has 0 amide bonds. The number of halogens is 1. The van der Waals surface area contributed by atoms with Crippen LogP contribution in [0.1, 0.15) is 15.2 Å². The Labute approximate surface area is 150 Å². The zero-order chi connectivity index (χ0) is 18.0. The largest absolute Gasteiger partial charge is 0.465 e. The molecule has 134 valence electrons. The molecule has 0 bridgehead atoms. The molecule has 1 aromatic carbocycles. The van der Waals surface area contributed by atoms with Crippen LogP contribution in [0, 0.1) is 5.82 Å². The van der Waals surface area contributed by atoms with Crippen LogP contribution >= 0.6 is 11.3 Å². The van der Waals surface area contributed by atoms with E-state index in [1.165, 1.54) is 30.6 Å². The maximum Gasteiger partial charge on any atom is 0.341 e. The van der Waals surface area contributed by atoms with E-state index in [0.717, 1.165) is 42.2 Å². The van der Waals surface area contributed by atoms with E-state index >= 15 is 0 Å². The minimum Gasteiger partial charge on any atom is -0.465 e. The topological polar surface area (TPSA) is 58.8 Å². The normalized spacial score (nSPS) is 16.1. The van der Waals surface area contributed by atoms with Gasteiger partial charge in [0, 0.05) is 43.2 Å². The number of hydrogen-bond acceptors (Lipinski definition) is 6. The van der Waals surface area contributed by atoms with Crippen molar-refractivity contribution in [3.05, 3.63) is 40.5 Å². The standard InChI is InChI=1S/C18H22FN3O2S/c1-21-7-9-22(10-8-21)11-14-15(12-3-5-13(19)6-4-12)16(17(20)25-14)18(23)24-2/h3-6H,7-11,20H2,1-2H3. The number of nitrogens with zero attached hydrogens (tertiary/aromatic N) is 2. The van der Waals surface area contributed by atoms with E-state index in [1.807, 2.05) is 0 Å². The summed E-state index contributed by atoms with van der Waals surface area (Å²) in [6, 6.07) is 6.14. The van der Waals surface area contributed by atoms with Crippen LogP contribution in [0.5, 0.6) is 0 Å². The molecule has 2 aromatic rings. The van der Waals surface area contributed by atoms with E-state index in [4.69, 9.17) is 10.5 Å². The number of carbonyl (C=O) groups is 1. The quantitative estimate of drug-likeness (QED) is 0.847. The average molecular weight is 363 g/mol. The lowest BCUT2D eigenvalue weighted by Crippen LogP contribution is -2.43. The Kier molecular flexibility index (Phi) is 5.36. The highest BCUT2D eigenvalue weighted by molar-refractivity contribution is 7.17. The minimum absolute atomic E-state index is 0.313. The Morgan fingerprint density at radius 1 is 1.24 bits per heavy atom. The third-order valence-electron chi connectivity index (χ3n) is 4.49. The lowest BCUT2D eigenvalue weighted by atomic mass is 10.0. The molecule has 0 saturated carbocycles. The molecule has 2 heterocycles. The summed E-state index contributed by atoms with van der Waals surface area (Å²) in [5, 5.41) is 0.440. The van der Waals surface area contributed by atoms with Crippen LogP contribution in [-0.2, 0) is 11.3 Å². The number of anilines is 1. The molecule has 1 fully saturated rings. The zero-order valence-corrected chi connectivity index (χ0v) is 15.2. The summed E-state index contributed by atoms with van der Waals surface area (Å²) in [6.45, 7) is 4.66. The highest BCUT2D eigenvalue weighted by Gasteiger charge is 2.26. The fourth-order valence-corrected chi connectivity index (χ4v) is 4.17. The van der Waals surface area contributed by atoms with Gasteiger partial charge in [-0.3, -0.25) is 4.90 Å². The summed E-state index contributed by atoms with van der Waals surface area (Å²) >= 11 is 1.41. The average Bonchev–Trinajstić information content (AvgIpc) is 2.93. The van der Waals surface area contributed by atoms with E-state index in [0.29, 0.717) is 17.1 Å². The lowest BCUT2D eigenvalue weighted by molar-refractivity contribution is 0.0603. The van der Waals surface area contributed by atoms with Gasteiger partial charge in [0.25, 0.3) is 0 Å². The van der Waals surface area contributed by atoms with Gasteiger partial charge in [-0.1, -0.05) is 12.1 Å². The van der Waals surface area contributed by atoms with Crippen LogP contribution in [0.3, 0.4) is 0 Å². The first-order chi connectivity index (χ1) is 12.0. The third kappa shape index (κ3) is 3.84. The van der Waals surface area contributed by atoms with Crippen molar-refractivity contribution in [3.8, 4) is 11.1 Å². The molecule has 5 nitrogen and oxygen atoms in total. The number of carbonyl (C=O) groups excluding carboxylic acids is 1. The Hall–Kier alpha value is -1.96. The van der Waals surface area contributed by atoms with Crippen molar-refractivity contribution >= 4 is 22.3 Å². The molecule has 25 heavy (non-hydrogen) atoms. The lowest BCUT2D eigenvalue weighted by Gasteiger charge is -2.32. The van der Waals surface area contributed by atoms with Crippen LogP contribution < -0.4 is 5.73 Å². The van der Waals surface area contributed by atoms with Gasteiger partial charge in [0.05, 0.1) is 7.11 Å². The van der Waals surface area contributed by atoms with Crippen molar-refractivity contribution in [1.29, 1.82) is 0 Å². The fraction of sp³-hybridized carbons (Fsp3) is 0.389.